The maximum atomic E-state index is 6.72. The van der Waals surface area contributed by atoms with Crippen molar-refractivity contribution in [3.05, 3.63) is 0 Å². The average molecular weight is 797 g/mol. The maximum absolute atomic E-state index is 6.72. The first-order valence-corrected chi connectivity index (χ1v) is 22.4. The summed E-state index contributed by atoms with van der Waals surface area (Å²) >= 11 is 7.48. The molecule has 0 bridgehead atoms. The summed E-state index contributed by atoms with van der Waals surface area (Å²) in [5, 5.41) is 0. The molecule has 0 saturated heterocycles. The summed E-state index contributed by atoms with van der Waals surface area (Å²) in [5.74, 6) is 4.61. The molecule has 0 fully saturated rings. The monoisotopic (exact) mass is 794 g/mol. The molecule has 47 heavy (non-hydrogen) atoms. The van der Waals surface area contributed by atoms with Gasteiger partial charge in [-0.1, -0.05) is 152 Å². The molecule has 0 aliphatic carbocycles. The molecule has 0 aromatic heterocycles. The van der Waals surface area contributed by atoms with Gasteiger partial charge in [-0.25, -0.2) is 0 Å². The molecule has 0 aromatic carbocycles. The van der Waals surface area contributed by atoms with Crippen LogP contribution in [0.3, 0.4) is 0 Å². The van der Waals surface area contributed by atoms with E-state index >= 15 is 0 Å². The second kappa shape index (κ2) is 31.6. The average Bonchev–Trinajstić information content (AvgIpc) is 2.95. The van der Waals surface area contributed by atoms with Crippen molar-refractivity contribution in [3.63, 3.8) is 0 Å². The van der Waals surface area contributed by atoms with E-state index in [1.807, 2.05) is 0 Å². The van der Waals surface area contributed by atoms with Gasteiger partial charge in [0.2, 0.25) is 0 Å². The van der Waals surface area contributed by atoms with Gasteiger partial charge in [0, 0.05) is 22.9 Å². The Kier molecular flexibility index (Phi) is 32.1. The first-order chi connectivity index (χ1) is 22.4. The molecular formula is C42H84Br2O3. The number of hydrogen-bond donors (Lipinski definition) is 0. The molecule has 0 radical (unpaired) electrons. The van der Waals surface area contributed by atoms with Crippen molar-refractivity contribution in [1.82, 2.24) is 0 Å². The van der Waals surface area contributed by atoms with Crippen LogP contribution in [0, 0.1) is 35.5 Å². The predicted octanol–water partition coefficient (Wildman–Crippen LogP) is 14.9. The number of halogens is 2. The molecule has 10 unspecified atom stereocenters. The van der Waals surface area contributed by atoms with Crippen LogP contribution in [0.25, 0.3) is 0 Å². The third-order valence-corrected chi connectivity index (χ3v) is 10.6. The Morgan fingerprint density at radius 2 is 0.723 bits per heavy atom. The molecule has 5 heteroatoms. The quantitative estimate of drug-likeness (QED) is 0.0369. The molecule has 3 nitrogen and oxygen atoms in total. The highest BCUT2D eigenvalue weighted by atomic mass is 79.9. The molecule has 0 spiro atoms. The Hall–Kier alpha value is 0.840. The van der Waals surface area contributed by atoms with Gasteiger partial charge in [-0.15, -0.1) is 0 Å². The fourth-order valence-electron chi connectivity index (χ4n) is 7.78. The van der Waals surface area contributed by atoms with Crippen LogP contribution in [-0.2, 0) is 14.2 Å². The van der Waals surface area contributed by atoms with Crippen LogP contribution in [0.5, 0.6) is 0 Å². The normalized spacial score (nSPS) is 18.6. The Morgan fingerprint density at radius 3 is 1.06 bits per heavy atom. The highest BCUT2D eigenvalue weighted by Gasteiger charge is 2.21. The first kappa shape index (κ1) is 47.8. The smallest absolute Gasteiger partial charge is 0.160 e. The van der Waals surface area contributed by atoms with Crippen LogP contribution in [0.1, 0.15) is 198 Å². The molecule has 0 aliphatic heterocycles. The van der Waals surface area contributed by atoms with E-state index in [1.165, 1.54) is 89.9 Å². The van der Waals surface area contributed by atoms with Gasteiger partial charge < -0.3 is 14.2 Å². The third kappa shape index (κ3) is 31.3. The number of hydrogen-bond acceptors (Lipinski definition) is 3. The molecule has 0 amide bonds. The number of rotatable bonds is 34. The standard InChI is InChI=1S/C42H84Br2O3/c1-11-13-15-17-25-45-41(23-19-21-33(3)27-35(5)29-37(7)31-39(9)43)47-42(46-26-18-16-14-12-2)24-20-22-34(4)28-36(6)30-38(8)32-40(10)44/h33-42H,11-32H2,1-10H3. The van der Waals surface area contributed by atoms with Gasteiger partial charge in [0.1, 0.15) is 0 Å². The summed E-state index contributed by atoms with van der Waals surface area (Å²) < 4.78 is 19.6. The maximum Gasteiger partial charge on any atom is 0.160 e. The Labute approximate surface area is 313 Å². The fraction of sp³-hybridized carbons (Fsp3) is 1.00. The minimum atomic E-state index is -0.155. The van der Waals surface area contributed by atoms with Crippen molar-refractivity contribution in [3.8, 4) is 0 Å². The second-order valence-electron chi connectivity index (χ2n) is 16.3. The second-order valence-corrected chi connectivity index (χ2v) is 19.5. The zero-order chi connectivity index (χ0) is 35.5. The van der Waals surface area contributed by atoms with Crippen LogP contribution >= 0.6 is 31.9 Å². The van der Waals surface area contributed by atoms with Gasteiger partial charge in [-0.2, -0.15) is 0 Å². The van der Waals surface area contributed by atoms with Gasteiger partial charge in [0.25, 0.3) is 0 Å². The number of alkyl halides is 2. The molecular weight excluding hydrogens is 712 g/mol. The summed E-state index contributed by atoms with van der Waals surface area (Å²) in [6.45, 7) is 25.3. The lowest BCUT2D eigenvalue weighted by atomic mass is 9.86. The van der Waals surface area contributed by atoms with E-state index in [0.29, 0.717) is 9.65 Å². The van der Waals surface area contributed by atoms with E-state index in [2.05, 4.69) is 101 Å². The third-order valence-electron chi connectivity index (χ3n) is 9.85. The largest absolute Gasteiger partial charge is 0.353 e. The van der Waals surface area contributed by atoms with Gasteiger partial charge >= 0.3 is 0 Å². The number of ether oxygens (including phenoxy) is 3. The van der Waals surface area contributed by atoms with Crippen LogP contribution < -0.4 is 0 Å². The molecule has 0 saturated carbocycles. The zero-order valence-corrected chi connectivity index (χ0v) is 36.5. The van der Waals surface area contributed by atoms with E-state index in [-0.39, 0.29) is 12.6 Å². The molecule has 0 N–H and O–H groups in total. The Bertz CT molecular complexity index is 606. The summed E-state index contributed by atoms with van der Waals surface area (Å²) in [4.78, 5) is 1.23. The molecule has 0 aromatic rings. The minimum absolute atomic E-state index is 0.155. The van der Waals surface area contributed by atoms with Crippen molar-refractivity contribution in [1.29, 1.82) is 0 Å². The SMILES string of the molecule is CCCCCCOC(CCCC(C)CC(C)CC(C)CC(C)Br)OC(CCCC(C)CC(C)CC(C)CC(C)Br)OCCCCCC. The molecule has 0 rings (SSSR count). The van der Waals surface area contributed by atoms with Crippen LogP contribution in [0.15, 0.2) is 0 Å². The number of unbranched alkanes of at least 4 members (excludes halogenated alkanes) is 6. The summed E-state index contributed by atoms with van der Waals surface area (Å²) in [6, 6.07) is 0. The zero-order valence-electron chi connectivity index (χ0n) is 33.3. The van der Waals surface area contributed by atoms with E-state index in [9.17, 15) is 0 Å². The van der Waals surface area contributed by atoms with Gasteiger partial charge in [0.15, 0.2) is 12.6 Å². The predicted molar refractivity (Wildman–Crippen MR) is 216 cm³/mol. The van der Waals surface area contributed by atoms with Crippen molar-refractivity contribution in [2.75, 3.05) is 13.2 Å². The van der Waals surface area contributed by atoms with E-state index < -0.39 is 0 Å². The lowest BCUT2D eigenvalue weighted by molar-refractivity contribution is -0.250. The van der Waals surface area contributed by atoms with Crippen LogP contribution in [0.2, 0.25) is 0 Å². The summed E-state index contributed by atoms with van der Waals surface area (Å²) in [6.07, 6.45) is 24.1. The van der Waals surface area contributed by atoms with Gasteiger partial charge in [-0.05, 0) is 113 Å². The van der Waals surface area contributed by atoms with E-state index in [1.54, 1.807) is 0 Å². The first-order valence-electron chi connectivity index (χ1n) is 20.5. The van der Waals surface area contributed by atoms with Gasteiger partial charge in [0.05, 0.1) is 0 Å². The van der Waals surface area contributed by atoms with Crippen molar-refractivity contribution in [2.45, 2.75) is 220 Å². The minimum Gasteiger partial charge on any atom is -0.353 e. The highest BCUT2D eigenvalue weighted by Crippen LogP contribution is 2.28. The fourth-order valence-corrected chi connectivity index (χ4v) is 9.06. The molecule has 284 valence electrons. The molecule has 10 atom stereocenters. The van der Waals surface area contributed by atoms with Crippen LogP contribution in [-0.4, -0.2) is 35.4 Å². The van der Waals surface area contributed by atoms with Crippen molar-refractivity contribution < 1.29 is 14.2 Å². The summed E-state index contributed by atoms with van der Waals surface area (Å²) in [5.41, 5.74) is 0. The highest BCUT2D eigenvalue weighted by molar-refractivity contribution is 9.09. The van der Waals surface area contributed by atoms with Crippen LogP contribution in [0.4, 0.5) is 0 Å². The topological polar surface area (TPSA) is 27.7 Å². The van der Waals surface area contributed by atoms with Crippen molar-refractivity contribution >= 4 is 31.9 Å². The summed E-state index contributed by atoms with van der Waals surface area (Å²) in [7, 11) is 0. The lowest BCUT2D eigenvalue weighted by Crippen LogP contribution is -2.28. The van der Waals surface area contributed by atoms with E-state index in [0.717, 1.165) is 87.2 Å². The van der Waals surface area contributed by atoms with E-state index in [4.69, 9.17) is 14.2 Å². The Morgan fingerprint density at radius 1 is 0.383 bits per heavy atom. The van der Waals surface area contributed by atoms with Gasteiger partial charge in [-0.3, -0.25) is 0 Å². The molecule has 0 heterocycles. The molecule has 0 aliphatic rings. The Balaban J connectivity index is 5.06. The lowest BCUT2D eigenvalue weighted by Gasteiger charge is -2.27. The van der Waals surface area contributed by atoms with Crippen molar-refractivity contribution in [2.24, 2.45) is 35.5 Å².